The summed E-state index contributed by atoms with van der Waals surface area (Å²) < 4.78 is 41.2. The van der Waals surface area contributed by atoms with Crippen LogP contribution in [0.2, 0.25) is 5.02 Å². The minimum atomic E-state index is -3.67. The average molecular weight is 393 g/mol. The van der Waals surface area contributed by atoms with Gasteiger partial charge >= 0.3 is 0 Å². The van der Waals surface area contributed by atoms with Gasteiger partial charge in [0, 0.05) is 24.9 Å². The van der Waals surface area contributed by atoms with Crippen molar-refractivity contribution in [2.24, 2.45) is 0 Å². The fraction of sp³-hybridized carbons (Fsp3) is 0.625. The van der Waals surface area contributed by atoms with Crippen molar-refractivity contribution < 1.29 is 12.8 Å². The Labute approximate surface area is 152 Å². The van der Waals surface area contributed by atoms with E-state index in [1.54, 1.807) is 4.31 Å². The van der Waals surface area contributed by atoms with E-state index < -0.39 is 15.8 Å². The number of benzene rings is 1. The molecule has 24 heavy (non-hydrogen) atoms. The molecule has 1 aromatic carbocycles. The third-order valence-electron chi connectivity index (χ3n) is 4.55. The second-order valence-electron chi connectivity index (χ2n) is 6.28. The first kappa shape index (κ1) is 18.5. The molecule has 0 aromatic heterocycles. The molecule has 0 unspecified atom stereocenters. The van der Waals surface area contributed by atoms with Gasteiger partial charge in [0.2, 0.25) is 10.0 Å². The van der Waals surface area contributed by atoms with Crippen LogP contribution in [-0.4, -0.2) is 61.3 Å². The lowest BCUT2D eigenvalue weighted by Gasteiger charge is -2.31. The molecule has 0 bridgehead atoms. The summed E-state index contributed by atoms with van der Waals surface area (Å²) >= 11 is 7.60. The summed E-state index contributed by atoms with van der Waals surface area (Å²) in [7, 11) is -3.67. The van der Waals surface area contributed by atoms with Gasteiger partial charge in [0.05, 0.1) is 9.92 Å². The van der Waals surface area contributed by atoms with Crippen molar-refractivity contribution in [1.82, 2.24) is 9.21 Å². The van der Waals surface area contributed by atoms with E-state index in [1.807, 2.05) is 11.8 Å². The van der Waals surface area contributed by atoms with E-state index in [9.17, 15) is 12.8 Å². The zero-order valence-corrected chi connectivity index (χ0v) is 15.8. The summed E-state index contributed by atoms with van der Waals surface area (Å²) in [6, 6.07) is 3.60. The van der Waals surface area contributed by atoms with Crippen LogP contribution in [0, 0.1) is 5.82 Å². The molecule has 2 heterocycles. The van der Waals surface area contributed by atoms with Crippen LogP contribution in [0.15, 0.2) is 23.1 Å². The van der Waals surface area contributed by atoms with E-state index in [1.165, 1.54) is 25.0 Å². The van der Waals surface area contributed by atoms with Crippen LogP contribution in [0.1, 0.15) is 19.3 Å². The van der Waals surface area contributed by atoms with Crippen molar-refractivity contribution in [3.8, 4) is 0 Å². The molecule has 1 atom stereocenters. The maximum Gasteiger partial charge on any atom is 0.243 e. The summed E-state index contributed by atoms with van der Waals surface area (Å²) in [5, 5.41) is -0.156. The van der Waals surface area contributed by atoms with Crippen molar-refractivity contribution in [3.63, 3.8) is 0 Å². The lowest BCUT2D eigenvalue weighted by atomic mass is 10.3. The Morgan fingerprint density at radius 2 is 1.96 bits per heavy atom. The Morgan fingerprint density at radius 1 is 1.21 bits per heavy atom. The molecule has 2 fully saturated rings. The summed E-state index contributed by atoms with van der Waals surface area (Å²) in [5.74, 6) is 1.16. The van der Waals surface area contributed by atoms with Gasteiger partial charge in [0.25, 0.3) is 0 Å². The van der Waals surface area contributed by atoms with Crippen LogP contribution >= 0.6 is 23.4 Å². The average Bonchev–Trinajstić information content (AvgIpc) is 2.94. The number of nitrogens with zero attached hydrogens (tertiary/aromatic N) is 2. The maximum atomic E-state index is 13.4. The molecule has 2 aliphatic rings. The highest BCUT2D eigenvalue weighted by atomic mass is 35.5. The number of sulfonamides is 1. The molecule has 0 spiro atoms. The smallest absolute Gasteiger partial charge is 0.243 e. The first-order valence-electron chi connectivity index (χ1n) is 8.25. The van der Waals surface area contributed by atoms with E-state index in [0.29, 0.717) is 6.54 Å². The molecule has 1 aromatic rings. The molecule has 134 valence electrons. The van der Waals surface area contributed by atoms with Crippen LogP contribution in [0.5, 0.6) is 0 Å². The summed E-state index contributed by atoms with van der Waals surface area (Å²) in [6.45, 7) is 3.35. The molecular weight excluding hydrogens is 371 g/mol. The van der Waals surface area contributed by atoms with E-state index in [4.69, 9.17) is 11.6 Å². The highest BCUT2D eigenvalue weighted by Crippen LogP contribution is 2.27. The van der Waals surface area contributed by atoms with E-state index in [2.05, 4.69) is 4.90 Å². The van der Waals surface area contributed by atoms with Crippen molar-refractivity contribution in [1.29, 1.82) is 0 Å². The highest BCUT2D eigenvalue weighted by Gasteiger charge is 2.34. The number of hydrogen-bond donors (Lipinski definition) is 0. The Kier molecular flexibility index (Phi) is 6.08. The van der Waals surface area contributed by atoms with Gasteiger partial charge in [-0.05, 0) is 56.3 Å². The summed E-state index contributed by atoms with van der Waals surface area (Å²) in [4.78, 5) is 2.42. The lowest BCUT2D eigenvalue weighted by molar-refractivity contribution is 0.243. The quantitative estimate of drug-likeness (QED) is 0.789. The second kappa shape index (κ2) is 7.91. The van der Waals surface area contributed by atoms with Gasteiger partial charge in [-0.3, -0.25) is 0 Å². The predicted octanol–water partition coefficient (Wildman–Crippen LogP) is 3.07. The predicted molar refractivity (Wildman–Crippen MR) is 96.7 cm³/mol. The first-order chi connectivity index (χ1) is 11.5. The molecule has 3 rings (SSSR count). The molecule has 2 saturated heterocycles. The Balaban J connectivity index is 1.87. The van der Waals surface area contributed by atoms with Crippen molar-refractivity contribution >= 4 is 33.4 Å². The van der Waals surface area contributed by atoms with Gasteiger partial charge in [0.15, 0.2) is 0 Å². The molecular formula is C16H22ClFN2O2S2. The molecule has 0 N–H and O–H groups in total. The van der Waals surface area contributed by atoms with Gasteiger partial charge in [-0.1, -0.05) is 11.6 Å². The topological polar surface area (TPSA) is 40.6 Å². The van der Waals surface area contributed by atoms with Crippen LogP contribution in [0.4, 0.5) is 4.39 Å². The monoisotopic (exact) mass is 392 g/mol. The van der Waals surface area contributed by atoms with Gasteiger partial charge in [0.1, 0.15) is 5.82 Å². The molecule has 0 saturated carbocycles. The van der Waals surface area contributed by atoms with Crippen LogP contribution in [-0.2, 0) is 10.0 Å². The standard InChI is InChI=1S/C16H22ClFN2O2S2/c17-15-10-14(4-5-16(15)18)24(21,22)20-8-3-9-23-12-13(20)11-19-6-1-2-7-19/h4-5,10,13H,1-3,6-9,11-12H2/t13-/m1/s1. The summed E-state index contributed by atoms with van der Waals surface area (Å²) in [5.41, 5.74) is 0. The third kappa shape index (κ3) is 4.07. The van der Waals surface area contributed by atoms with E-state index >= 15 is 0 Å². The summed E-state index contributed by atoms with van der Waals surface area (Å²) in [6.07, 6.45) is 3.19. The SMILES string of the molecule is O=S(=O)(c1ccc(F)c(Cl)c1)N1CCCSC[C@H]1CN1CCCC1. The number of hydrogen-bond acceptors (Lipinski definition) is 4. The van der Waals surface area contributed by atoms with Crippen LogP contribution in [0.3, 0.4) is 0 Å². The molecule has 0 amide bonds. The van der Waals surface area contributed by atoms with Crippen LogP contribution in [0.25, 0.3) is 0 Å². The fourth-order valence-electron chi connectivity index (χ4n) is 3.30. The first-order valence-corrected chi connectivity index (χ1v) is 11.2. The zero-order chi connectivity index (χ0) is 17.2. The van der Waals surface area contributed by atoms with Gasteiger partial charge < -0.3 is 4.90 Å². The Hall–Kier alpha value is -0.340. The fourth-order valence-corrected chi connectivity index (χ4v) is 6.38. The van der Waals surface area contributed by atoms with Crippen molar-refractivity contribution in [2.45, 2.75) is 30.2 Å². The van der Waals surface area contributed by atoms with Crippen molar-refractivity contribution in [2.75, 3.05) is 37.7 Å². The minimum Gasteiger partial charge on any atom is -0.302 e. The third-order valence-corrected chi connectivity index (χ3v) is 7.99. The Morgan fingerprint density at radius 3 is 2.67 bits per heavy atom. The van der Waals surface area contributed by atoms with Gasteiger partial charge in [-0.15, -0.1) is 0 Å². The maximum absolute atomic E-state index is 13.4. The zero-order valence-electron chi connectivity index (χ0n) is 13.5. The van der Waals surface area contributed by atoms with Gasteiger partial charge in [-0.25, -0.2) is 12.8 Å². The molecule has 2 aliphatic heterocycles. The van der Waals surface area contributed by atoms with Gasteiger partial charge in [-0.2, -0.15) is 16.1 Å². The Bertz CT molecular complexity index is 681. The minimum absolute atomic E-state index is 0.0515. The molecule has 0 aliphatic carbocycles. The van der Waals surface area contributed by atoms with E-state index in [-0.39, 0.29) is 16.0 Å². The number of halogens is 2. The molecule has 0 radical (unpaired) electrons. The molecule has 8 heteroatoms. The second-order valence-corrected chi connectivity index (χ2v) is 9.73. The number of thioether (sulfide) groups is 1. The van der Waals surface area contributed by atoms with E-state index in [0.717, 1.165) is 43.6 Å². The number of likely N-dealkylation sites (tertiary alicyclic amines) is 1. The number of rotatable bonds is 4. The highest BCUT2D eigenvalue weighted by molar-refractivity contribution is 7.99. The van der Waals surface area contributed by atoms with Crippen LogP contribution < -0.4 is 0 Å². The molecule has 4 nitrogen and oxygen atoms in total. The van der Waals surface area contributed by atoms with Crippen molar-refractivity contribution in [3.05, 3.63) is 29.0 Å². The normalized spacial score (nSPS) is 24.2. The lowest BCUT2D eigenvalue weighted by Crippen LogP contribution is -2.47. The largest absolute Gasteiger partial charge is 0.302 e.